The number of hydrogen-bond donors (Lipinski definition) is 1. The summed E-state index contributed by atoms with van der Waals surface area (Å²) in [4.78, 5) is 22.1. The fourth-order valence-corrected chi connectivity index (χ4v) is 4.20. The van der Waals surface area contributed by atoms with Gasteiger partial charge in [0.25, 0.3) is 0 Å². The van der Waals surface area contributed by atoms with Gasteiger partial charge in [0.15, 0.2) is 17.8 Å². The lowest BCUT2D eigenvalue weighted by Crippen LogP contribution is -2.13. The molecule has 0 saturated carbocycles. The summed E-state index contributed by atoms with van der Waals surface area (Å²) in [6, 6.07) is 8.75. The van der Waals surface area contributed by atoms with E-state index in [1.54, 1.807) is 42.3 Å². The number of nitrogens with zero attached hydrogens (tertiary/aromatic N) is 5. The topological polar surface area (TPSA) is 123 Å². The third kappa shape index (κ3) is 4.05. The van der Waals surface area contributed by atoms with Crippen molar-refractivity contribution in [2.75, 3.05) is 5.32 Å². The predicted octanol–water partition coefficient (Wildman–Crippen LogP) is 5.25. The summed E-state index contributed by atoms with van der Waals surface area (Å²) in [5.41, 5.74) is 3.81. The minimum atomic E-state index is -0.338. The van der Waals surface area contributed by atoms with Crippen LogP contribution in [0.5, 0.6) is 0 Å². The second kappa shape index (κ2) is 8.74. The van der Waals surface area contributed by atoms with Crippen LogP contribution in [0.3, 0.4) is 0 Å². The molecule has 0 amide bonds. The summed E-state index contributed by atoms with van der Waals surface area (Å²) in [5.74, 6) is 0.340. The van der Waals surface area contributed by atoms with Crippen molar-refractivity contribution < 1.29 is 8.83 Å². The monoisotopic (exact) mass is 486 g/mol. The molecule has 35 heavy (non-hydrogen) atoms. The van der Waals surface area contributed by atoms with E-state index in [4.69, 9.17) is 20.4 Å². The molecule has 1 N–H and O–H groups in total. The van der Waals surface area contributed by atoms with E-state index in [1.165, 1.54) is 12.7 Å². The Labute approximate surface area is 204 Å². The Morgan fingerprint density at radius 1 is 1.29 bits per heavy atom. The van der Waals surface area contributed by atoms with Gasteiger partial charge < -0.3 is 14.2 Å². The molecule has 4 heterocycles. The average molecular weight is 487 g/mol. The van der Waals surface area contributed by atoms with E-state index >= 15 is 0 Å². The SMILES string of the molecule is Cc1cc(C(C)Nc2ccc(Cl)nc2C#N)c2oc(-c3cnn(C)c3)c(-c3cocn3)c(=O)c2c1. The number of hydrogen-bond acceptors (Lipinski definition) is 8. The lowest BCUT2D eigenvalue weighted by atomic mass is 9.98. The van der Waals surface area contributed by atoms with E-state index in [2.05, 4.69) is 26.5 Å². The number of halogens is 1. The second-order valence-electron chi connectivity index (χ2n) is 8.15. The molecule has 5 aromatic rings. The molecule has 1 unspecified atom stereocenters. The van der Waals surface area contributed by atoms with Gasteiger partial charge in [0.2, 0.25) is 5.43 Å². The molecule has 10 heteroatoms. The molecular weight excluding hydrogens is 468 g/mol. The van der Waals surface area contributed by atoms with Gasteiger partial charge >= 0.3 is 0 Å². The summed E-state index contributed by atoms with van der Waals surface area (Å²) < 4.78 is 13.2. The van der Waals surface area contributed by atoms with Crippen molar-refractivity contribution in [3.05, 3.63) is 81.5 Å². The number of oxazole rings is 1. The van der Waals surface area contributed by atoms with Gasteiger partial charge in [-0.05, 0) is 37.6 Å². The number of fused-ring (bicyclic) bond motifs is 1. The standard InChI is InChI=1S/C25H19ClN6O3/c1-13-6-16(14(2)30-18-4-5-21(26)31-19(18)8-27)25-17(7-13)23(33)22(20-11-34-12-28-20)24(35-25)15-9-29-32(3)10-15/h4-7,9-12,14,30H,1-3H3. The summed E-state index contributed by atoms with van der Waals surface area (Å²) in [6.45, 7) is 3.82. The first kappa shape index (κ1) is 22.4. The van der Waals surface area contributed by atoms with E-state index in [1.807, 2.05) is 19.9 Å². The molecule has 0 bridgehead atoms. The Bertz CT molecular complexity index is 1660. The fraction of sp³-hybridized carbons (Fsp3) is 0.160. The van der Waals surface area contributed by atoms with Crippen molar-refractivity contribution in [1.29, 1.82) is 5.26 Å². The Hall–Kier alpha value is -4.42. The van der Waals surface area contributed by atoms with Gasteiger partial charge in [-0.3, -0.25) is 9.48 Å². The first-order chi connectivity index (χ1) is 16.9. The third-order valence-corrected chi connectivity index (χ3v) is 5.84. The maximum atomic E-state index is 13.8. The van der Waals surface area contributed by atoms with Gasteiger partial charge in [-0.1, -0.05) is 17.7 Å². The van der Waals surface area contributed by atoms with Crippen molar-refractivity contribution in [3.63, 3.8) is 0 Å². The molecule has 0 aliphatic carbocycles. The molecule has 0 saturated heterocycles. The third-order valence-electron chi connectivity index (χ3n) is 5.63. The molecule has 174 valence electrons. The zero-order valence-electron chi connectivity index (χ0n) is 19.0. The van der Waals surface area contributed by atoms with Gasteiger partial charge in [0.1, 0.15) is 28.8 Å². The first-order valence-corrected chi connectivity index (χ1v) is 11.1. The molecular formula is C25H19ClN6O3. The van der Waals surface area contributed by atoms with Crippen LogP contribution in [0.15, 0.2) is 62.9 Å². The molecule has 0 radical (unpaired) electrons. The molecule has 1 aromatic carbocycles. The van der Waals surface area contributed by atoms with Crippen LogP contribution in [-0.2, 0) is 7.05 Å². The van der Waals surface area contributed by atoms with Crippen LogP contribution in [0.4, 0.5) is 5.69 Å². The number of benzene rings is 1. The van der Waals surface area contributed by atoms with Crippen LogP contribution in [-0.4, -0.2) is 19.7 Å². The summed E-state index contributed by atoms with van der Waals surface area (Å²) in [7, 11) is 1.78. The Morgan fingerprint density at radius 2 is 2.11 bits per heavy atom. The fourth-order valence-electron chi connectivity index (χ4n) is 4.05. The molecule has 0 aliphatic rings. The number of nitrogens with one attached hydrogen (secondary N) is 1. The van der Waals surface area contributed by atoms with Gasteiger partial charge in [-0.25, -0.2) is 9.97 Å². The first-order valence-electron chi connectivity index (χ1n) is 10.7. The Balaban J connectivity index is 1.74. The summed E-state index contributed by atoms with van der Waals surface area (Å²) >= 11 is 5.94. The highest BCUT2D eigenvalue weighted by Crippen LogP contribution is 2.35. The van der Waals surface area contributed by atoms with Gasteiger partial charge in [-0.2, -0.15) is 10.4 Å². The Morgan fingerprint density at radius 3 is 2.80 bits per heavy atom. The van der Waals surface area contributed by atoms with Crippen molar-refractivity contribution in [2.24, 2.45) is 7.05 Å². The molecule has 1 atom stereocenters. The molecule has 9 nitrogen and oxygen atoms in total. The predicted molar refractivity (Wildman–Crippen MR) is 131 cm³/mol. The lowest BCUT2D eigenvalue weighted by molar-refractivity contribution is 0.558. The maximum absolute atomic E-state index is 13.8. The van der Waals surface area contributed by atoms with Crippen molar-refractivity contribution in [3.8, 4) is 28.7 Å². The van der Waals surface area contributed by atoms with Crippen LogP contribution in [0.25, 0.3) is 33.6 Å². The van der Waals surface area contributed by atoms with Gasteiger partial charge in [0.05, 0.1) is 34.4 Å². The molecule has 0 spiro atoms. The number of pyridine rings is 1. The van der Waals surface area contributed by atoms with Crippen molar-refractivity contribution in [1.82, 2.24) is 19.7 Å². The molecule has 0 fully saturated rings. The summed E-state index contributed by atoms with van der Waals surface area (Å²) in [6.07, 6.45) is 6.08. The molecule has 0 aliphatic heterocycles. The normalized spacial score (nSPS) is 12.0. The minimum Gasteiger partial charge on any atom is -0.455 e. The van der Waals surface area contributed by atoms with Gasteiger partial charge in [0, 0.05) is 18.8 Å². The number of aryl methyl sites for hydroxylation is 2. The number of nitriles is 1. The van der Waals surface area contributed by atoms with E-state index in [0.717, 1.165) is 11.1 Å². The van der Waals surface area contributed by atoms with Crippen LogP contribution < -0.4 is 10.7 Å². The highest BCUT2D eigenvalue weighted by Gasteiger charge is 2.24. The molecule has 5 rings (SSSR count). The summed E-state index contributed by atoms with van der Waals surface area (Å²) in [5, 5.41) is 17.6. The highest BCUT2D eigenvalue weighted by molar-refractivity contribution is 6.29. The Kier molecular flexibility index (Phi) is 5.59. The zero-order valence-corrected chi connectivity index (χ0v) is 19.8. The van der Waals surface area contributed by atoms with Crippen LogP contribution in [0.2, 0.25) is 5.15 Å². The highest BCUT2D eigenvalue weighted by atomic mass is 35.5. The van der Waals surface area contributed by atoms with E-state index in [-0.39, 0.29) is 22.3 Å². The van der Waals surface area contributed by atoms with Crippen LogP contribution in [0, 0.1) is 18.3 Å². The van der Waals surface area contributed by atoms with Crippen molar-refractivity contribution >= 4 is 28.3 Å². The van der Waals surface area contributed by atoms with E-state index < -0.39 is 0 Å². The zero-order chi connectivity index (χ0) is 24.7. The minimum absolute atomic E-state index is 0.173. The number of anilines is 1. The van der Waals surface area contributed by atoms with E-state index in [0.29, 0.717) is 39.2 Å². The smallest absolute Gasteiger partial charge is 0.202 e. The van der Waals surface area contributed by atoms with Crippen LogP contribution >= 0.6 is 11.6 Å². The van der Waals surface area contributed by atoms with Gasteiger partial charge in [-0.15, -0.1) is 0 Å². The largest absolute Gasteiger partial charge is 0.455 e. The molecule has 4 aromatic heterocycles. The quantitative estimate of drug-likeness (QED) is 0.334. The second-order valence-corrected chi connectivity index (χ2v) is 8.54. The van der Waals surface area contributed by atoms with E-state index in [9.17, 15) is 10.1 Å². The maximum Gasteiger partial charge on any atom is 0.202 e. The van der Waals surface area contributed by atoms with Crippen LogP contribution in [0.1, 0.15) is 29.8 Å². The number of rotatable bonds is 5. The number of aromatic nitrogens is 4. The lowest BCUT2D eigenvalue weighted by Gasteiger charge is -2.19. The van der Waals surface area contributed by atoms with Crippen molar-refractivity contribution in [2.45, 2.75) is 19.9 Å². The average Bonchev–Trinajstić information content (AvgIpc) is 3.52.